The molecule has 3 rings (SSSR count). The molecule has 2 aromatic carbocycles. The standard InChI is InChI=1S/C19H20N2O4/c1-2-18(22)20-14-8-9-17-16(12-14)21(19(23)13-25-17)10-11-24-15-6-4-3-5-7-15/h3-9,12H,2,10-11,13H2,1H3,(H,20,22). The van der Waals surface area contributed by atoms with Gasteiger partial charge in [-0.25, -0.2) is 0 Å². The van der Waals surface area contributed by atoms with Crippen LogP contribution in [0.5, 0.6) is 11.5 Å². The van der Waals surface area contributed by atoms with Crippen molar-refractivity contribution >= 4 is 23.2 Å². The minimum atomic E-state index is -0.136. The van der Waals surface area contributed by atoms with Gasteiger partial charge in [-0.3, -0.25) is 9.59 Å². The van der Waals surface area contributed by atoms with Crippen LogP contribution in [0.2, 0.25) is 0 Å². The van der Waals surface area contributed by atoms with Crippen molar-refractivity contribution in [2.45, 2.75) is 13.3 Å². The van der Waals surface area contributed by atoms with E-state index in [0.29, 0.717) is 36.7 Å². The molecule has 0 atom stereocenters. The molecule has 1 aliphatic heterocycles. The van der Waals surface area contributed by atoms with Crippen molar-refractivity contribution in [3.63, 3.8) is 0 Å². The maximum Gasteiger partial charge on any atom is 0.265 e. The van der Waals surface area contributed by atoms with E-state index in [4.69, 9.17) is 9.47 Å². The predicted molar refractivity (Wildman–Crippen MR) is 95.1 cm³/mol. The van der Waals surface area contributed by atoms with Gasteiger partial charge in [-0.1, -0.05) is 25.1 Å². The van der Waals surface area contributed by atoms with E-state index in [9.17, 15) is 9.59 Å². The summed E-state index contributed by atoms with van der Waals surface area (Å²) in [5.74, 6) is 1.16. The van der Waals surface area contributed by atoms with E-state index in [1.807, 2.05) is 30.3 Å². The van der Waals surface area contributed by atoms with Crippen LogP contribution in [0.15, 0.2) is 48.5 Å². The third-order valence-corrected chi connectivity index (χ3v) is 3.83. The number of ether oxygens (including phenoxy) is 2. The Bertz CT molecular complexity index is 761. The number of nitrogens with zero attached hydrogens (tertiary/aromatic N) is 1. The lowest BCUT2D eigenvalue weighted by Gasteiger charge is -2.29. The molecule has 0 bridgehead atoms. The lowest BCUT2D eigenvalue weighted by molar-refractivity contribution is -0.121. The summed E-state index contributed by atoms with van der Waals surface area (Å²) >= 11 is 0. The minimum absolute atomic E-state index is 0.000989. The summed E-state index contributed by atoms with van der Waals surface area (Å²) in [5.41, 5.74) is 1.28. The molecule has 1 heterocycles. The summed E-state index contributed by atoms with van der Waals surface area (Å²) in [6, 6.07) is 14.7. The lowest BCUT2D eigenvalue weighted by Crippen LogP contribution is -2.41. The third-order valence-electron chi connectivity index (χ3n) is 3.83. The van der Waals surface area contributed by atoms with Gasteiger partial charge in [0, 0.05) is 12.1 Å². The van der Waals surface area contributed by atoms with Crippen LogP contribution in [0.25, 0.3) is 0 Å². The highest BCUT2D eigenvalue weighted by molar-refractivity contribution is 5.99. The van der Waals surface area contributed by atoms with Crippen LogP contribution >= 0.6 is 0 Å². The van der Waals surface area contributed by atoms with Gasteiger partial charge in [0.05, 0.1) is 12.2 Å². The smallest absolute Gasteiger partial charge is 0.265 e. The molecule has 2 amide bonds. The molecule has 6 nitrogen and oxygen atoms in total. The van der Waals surface area contributed by atoms with Gasteiger partial charge in [0.2, 0.25) is 5.91 Å². The molecule has 0 aromatic heterocycles. The van der Waals surface area contributed by atoms with Crippen molar-refractivity contribution in [2.75, 3.05) is 30.0 Å². The highest BCUT2D eigenvalue weighted by atomic mass is 16.5. The van der Waals surface area contributed by atoms with Crippen LogP contribution in [0, 0.1) is 0 Å². The number of fused-ring (bicyclic) bond motifs is 1. The zero-order valence-electron chi connectivity index (χ0n) is 14.0. The Kier molecular flexibility index (Phi) is 5.18. The van der Waals surface area contributed by atoms with Crippen LogP contribution in [0.3, 0.4) is 0 Å². The summed E-state index contributed by atoms with van der Waals surface area (Å²) in [7, 11) is 0. The molecule has 0 unspecified atom stereocenters. The van der Waals surface area contributed by atoms with Crippen molar-refractivity contribution < 1.29 is 19.1 Å². The number of carbonyl (C=O) groups is 2. The van der Waals surface area contributed by atoms with Gasteiger partial charge < -0.3 is 19.7 Å². The Labute approximate surface area is 146 Å². The van der Waals surface area contributed by atoms with E-state index in [1.54, 1.807) is 30.0 Å². The summed E-state index contributed by atoms with van der Waals surface area (Å²) in [6.45, 7) is 2.54. The second-order valence-corrected chi connectivity index (χ2v) is 5.58. The largest absolute Gasteiger partial charge is 0.492 e. The molecule has 6 heteroatoms. The maximum atomic E-state index is 12.2. The molecular weight excluding hydrogens is 320 g/mol. The van der Waals surface area contributed by atoms with E-state index < -0.39 is 0 Å². The fourth-order valence-electron chi connectivity index (χ4n) is 2.55. The molecule has 2 aromatic rings. The Morgan fingerprint density at radius 2 is 2.04 bits per heavy atom. The van der Waals surface area contributed by atoms with Crippen LogP contribution in [-0.2, 0) is 9.59 Å². The highest BCUT2D eigenvalue weighted by Gasteiger charge is 2.25. The quantitative estimate of drug-likeness (QED) is 0.878. The van der Waals surface area contributed by atoms with Crippen LogP contribution in [0.1, 0.15) is 13.3 Å². The molecular formula is C19H20N2O4. The van der Waals surface area contributed by atoms with Gasteiger partial charge in [-0.05, 0) is 30.3 Å². The van der Waals surface area contributed by atoms with E-state index in [-0.39, 0.29) is 18.4 Å². The molecule has 0 fully saturated rings. The second-order valence-electron chi connectivity index (χ2n) is 5.58. The van der Waals surface area contributed by atoms with Gasteiger partial charge in [-0.15, -0.1) is 0 Å². The number of rotatable bonds is 6. The molecule has 1 aliphatic rings. The zero-order chi connectivity index (χ0) is 17.6. The van der Waals surface area contributed by atoms with Gasteiger partial charge in [0.15, 0.2) is 6.61 Å². The van der Waals surface area contributed by atoms with Crippen molar-refractivity contribution in [3.05, 3.63) is 48.5 Å². The average Bonchev–Trinajstić information content (AvgIpc) is 2.64. The number of hydrogen-bond acceptors (Lipinski definition) is 4. The molecule has 130 valence electrons. The number of hydrogen-bond donors (Lipinski definition) is 1. The van der Waals surface area contributed by atoms with E-state index in [0.717, 1.165) is 5.75 Å². The van der Waals surface area contributed by atoms with Gasteiger partial charge in [-0.2, -0.15) is 0 Å². The maximum absolute atomic E-state index is 12.2. The molecule has 0 saturated heterocycles. The zero-order valence-corrected chi connectivity index (χ0v) is 14.0. The fraction of sp³-hybridized carbons (Fsp3) is 0.263. The molecule has 0 aliphatic carbocycles. The third kappa shape index (κ3) is 4.09. The number of amides is 2. The lowest BCUT2D eigenvalue weighted by atomic mass is 10.2. The monoisotopic (exact) mass is 340 g/mol. The van der Waals surface area contributed by atoms with E-state index >= 15 is 0 Å². The molecule has 25 heavy (non-hydrogen) atoms. The number of nitrogens with one attached hydrogen (secondary N) is 1. The second kappa shape index (κ2) is 7.70. The predicted octanol–water partition coefficient (Wildman–Crippen LogP) is 2.84. The Balaban J connectivity index is 1.72. The topological polar surface area (TPSA) is 67.9 Å². The fourth-order valence-corrected chi connectivity index (χ4v) is 2.55. The van der Waals surface area contributed by atoms with Crippen LogP contribution in [0.4, 0.5) is 11.4 Å². The Hall–Kier alpha value is -3.02. The first-order valence-corrected chi connectivity index (χ1v) is 8.22. The number of para-hydroxylation sites is 1. The van der Waals surface area contributed by atoms with Crippen molar-refractivity contribution in [3.8, 4) is 11.5 Å². The average molecular weight is 340 g/mol. The Morgan fingerprint density at radius 3 is 2.80 bits per heavy atom. The van der Waals surface area contributed by atoms with Crippen molar-refractivity contribution in [2.24, 2.45) is 0 Å². The molecule has 1 N–H and O–H groups in total. The minimum Gasteiger partial charge on any atom is -0.492 e. The van der Waals surface area contributed by atoms with Crippen LogP contribution < -0.4 is 19.7 Å². The molecule has 0 saturated carbocycles. The summed E-state index contributed by atoms with van der Waals surface area (Å²) in [4.78, 5) is 25.5. The van der Waals surface area contributed by atoms with E-state index in [2.05, 4.69) is 5.32 Å². The van der Waals surface area contributed by atoms with Gasteiger partial charge >= 0.3 is 0 Å². The van der Waals surface area contributed by atoms with Gasteiger partial charge in [0.1, 0.15) is 18.1 Å². The SMILES string of the molecule is CCC(=O)Nc1ccc2c(c1)N(CCOc1ccccc1)C(=O)CO2. The van der Waals surface area contributed by atoms with E-state index in [1.165, 1.54) is 0 Å². The summed E-state index contributed by atoms with van der Waals surface area (Å²) < 4.78 is 11.2. The van der Waals surface area contributed by atoms with Crippen molar-refractivity contribution in [1.82, 2.24) is 0 Å². The first-order chi connectivity index (χ1) is 12.2. The van der Waals surface area contributed by atoms with Crippen LogP contribution in [-0.4, -0.2) is 31.6 Å². The number of benzene rings is 2. The Morgan fingerprint density at radius 1 is 1.24 bits per heavy atom. The normalized spacial score (nSPS) is 13.0. The van der Waals surface area contributed by atoms with Gasteiger partial charge in [0.25, 0.3) is 5.91 Å². The molecule has 0 spiro atoms. The number of anilines is 2. The summed E-state index contributed by atoms with van der Waals surface area (Å²) in [6.07, 6.45) is 0.390. The first-order valence-electron chi connectivity index (χ1n) is 8.22. The number of carbonyl (C=O) groups excluding carboxylic acids is 2. The highest BCUT2D eigenvalue weighted by Crippen LogP contribution is 2.34. The van der Waals surface area contributed by atoms with Crippen molar-refractivity contribution in [1.29, 1.82) is 0 Å². The first kappa shape index (κ1) is 16.8. The summed E-state index contributed by atoms with van der Waals surface area (Å²) in [5, 5.41) is 2.80. The molecule has 0 radical (unpaired) electrons.